The number of likely N-dealkylation sites (N-methyl/N-ethyl adjacent to an activating group) is 2. The van der Waals surface area contributed by atoms with E-state index in [0.29, 0.717) is 25.8 Å². The Morgan fingerprint density at radius 1 is 0.825 bits per heavy atom. The summed E-state index contributed by atoms with van der Waals surface area (Å²) in [5.41, 5.74) is 2.66. The Kier molecular flexibility index (Phi) is 20.5. The number of methoxy groups -OCH3 is 2. The minimum absolute atomic E-state index is 0.0418. The summed E-state index contributed by atoms with van der Waals surface area (Å²) in [4.78, 5) is 86.3. The number of aryl methyl sites for hydroxylation is 1. The van der Waals surface area contributed by atoms with Gasteiger partial charge in [0.25, 0.3) is 0 Å². The standard InChI is InChI=1S/C48H73N5O10/c1-13-32(7)42(51(9)46(57)40(29(2)3)50-45(56)41(30(4)5)52(10)48(60)63-28-35-23-21-31(6)22-24-35)38(61-11)27-39(54)53-25-17-20-37(53)43(62-12)33(8)44(55)49-36(47(58)59)26-34-18-15-14-16-19-34/h14-16,18-19,21-24,29-30,32-33,36-38,40-43H,13,17,20,25-28H2,1-12H3,(H,49,55)(H,50,56)(H,58,59)/t32-,33+,36-,37-,38+,40-,41-,42-,43+/m0/s1. The van der Waals surface area contributed by atoms with Gasteiger partial charge in [0.2, 0.25) is 23.6 Å². The molecule has 1 aliphatic heterocycles. The minimum atomic E-state index is -1.16. The normalized spacial score (nSPS) is 17.7. The fourth-order valence-corrected chi connectivity index (χ4v) is 8.60. The zero-order chi connectivity index (χ0) is 47.1. The molecule has 1 saturated heterocycles. The Morgan fingerprint density at radius 2 is 1.46 bits per heavy atom. The lowest BCUT2D eigenvalue weighted by Gasteiger charge is -2.41. The van der Waals surface area contributed by atoms with Gasteiger partial charge in [0, 0.05) is 41.3 Å². The second kappa shape index (κ2) is 24.7. The molecule has 63 heavy (non-hydrogen) atoms. The maximum absolute atomic E-state index is 14.5. The van der Waals surface area contributed by atoms with Crippen LogP contribution in [0.15, 0.2) is 54.6 Å². The van der Waals surface area contributed by atoms with E-state index in [4.69, 9.17) is 14.2 Å². The van der Waals surface area contributed by atoms with Crippen LogP contribution in [0.4, 0.5) is 4.79 Å². The molecule has 1 fully saturated rings. The molecule has 1 heterocycles. The van der Waals surface area contributed by atoms with Gasteiger partial charge in [-0.3, -0.25) is 24.1 Å². The number of nitrogens with zero attached hydrogens (tertiary/aromatic N) is 3. The zero-order valence-electron chi connectivity index (χ0n) is 39.5. The summed E-state index contributed by atoms with van der Waals surface area (Å²) in [6, 6.07) is 12.6. The highest BCUT2D eigenvalue weighted by atomic mass is 16.6. The highest BCUT2D eigenvalue weighted by molar-refractivity contribution is 5.92. The number of rotatable bonds is 23. The Balaban J connectivity index is 1.76. The zero-order valence-corrected chi connectivity index (χ0v) is 39.5. The Morgan fingerprint density at radius 3 is 2.00 bits per heavy atom. The van der Waals surface area contributed by atoms with E-state index in [2.05, 4.69) is 10.6 Å². The molecule has 1 aliphatic rings. The van der Waals surface area contributed by atoms with Gasteiger partial charge >= 0.3 is 12.1 Å². The van der Waals surface area contributed by atoms with E-state index in [1.165, 1.54) is 26.2 Å². The van der Waals surface area contributed by atoms with Gasteiger partial charge < -0.3 is 39.8 Å². The Hall–Kier alpha value is -5.02. The molecule has 2 aromatic carbocycles. The first-order valence-corrected chi connectivity index (χ1v) is 22.2. The molecule has 9 atom stereocenters. The van der Waals surface area contributed by atoms with E-state index in [1.54, 1.807) is 35.9 Å². The maximum Gasteiger partial charge on any atom is 0.410 e. The number of carbonyl (C=O) groups is 6. The molecule has 15 nitrogen and oxygen atoms in total. The first-order valence-electron chi connectivity index (χ1n) is 22.2. The van der Waals surface area contributed by atoms with Gasteiger partial charge in [0.05, 0.1) is 36.6 Å². The largest absolute Gasteiger partial charge is 0.480 e. The van der Waals surface area contributed by atoms with Crippen molar-refractivity contribution < 1.29 is 48.1 Å². The van der Waals surface area contributed by atoms with Crippen molar-refractivity contribution in [3.05, 3.63) is 71.3 Å². The summed E-state index contributed by atoms with van der Waals surface area (Å²) in [6.45, 7) is 15.4. The predicted molar refractivity (Wildman–Crippen MR) is 240 cm³/mol. The van der Waals surface area contributed by atoms with Gasteiger partial charge in [0.1, 0.15) is 24.7 Å². The van der Waals surface area contributed by atoms with Gasteiger partial charge in [-0.25, -0.2) is 9.59 Å². The highest BCUT2D eigenvalue weighted by Gasteiger charge is 2.44. The molecule has 350 valence electrons. The number of aliphatic carboxylic acids is 1. The SMILES string of the molecule is CC[C@H](C)[C@@H]([C@@H](CC(=O)N1CCC[C@H]1[C@H](OC)[C@@H](C)C(=O)N[C@@H](Cc1ccccc1)C(=O)O)OC)N(C)C(=O)[C@@H](NC(=O)[C@H](C(C)C)N(C)C(=O)OCc1ccc(C)cc1)C(C)C. The number of carboxylic acids is 1. The fraction of sp³-hybridized carbons (Fsp3) is 0.625. The number of hydrogen-bond donors (Lipinski definition) is 3. The third-order valence-electron chi connectivity index (χ3n) is 12.5. The van der Waals surface area contributed by atoms with Crippen LogP contribution in [0.5, 0.6) is 0 Å². The van der Waals surface area contributed by atoms with E-state index >= 15 is 0 Å². The first-order chi connectivity index (χ1) is 29.8. The molecule has 0 aromatic heterocycles. The number of hydrogen-bond acceptors (Lipinski definition) is 9. The summed E-state index contributed by atoms with van der Waals surface area (Å²) in [5, 5.41) is 15.6. The van der Waals surface area contributed by atoms with Crippen LogP contribution in [0.2, 0.25) is 0 Å². The summed E-state index contributed by atoms with van der Waals surface area (Å²) in [5.74, 6) is -4.31. The monoisotopic (exact) mass is 880 g/mol. The van der Waals surface area contributed by atoms with Crippen LogP contribution < -0.4 is 10.6 Å². The average molecular weight is 880 g/mol. The molecule has 0 spiro atoms. The lowest BCUT2D eigenvalue weighted by atomic mass is 9.89. The fourth-order valence-electron chi connectivity index (χ4n) is 8.60. The molecule has 15 heteroatoms. The van der Waals surface area contributed by atoms with Crippen molar-refractivity contribution in [3.63, 3.8) is 0 Å². The van der Waals surface area contributed by atoms with Gasteiger partial charge in [-0.15, -0.1) is 0 Å². The molecule has 0 unspecified atom stereocenters. The van der Waals surface area contributed by atoms with E-state index in [0.717, 1.165) is 16.7 Å². The van der Waals surface area contributed by atoms with Crippen molar-refractivity contribution in [1.82, 2.24) is 25.3 Å². The van der Waals surface area contributed by atoms with Crippen LogP contribution in [0.3, 0.4) is 0 Å². The molecule has 3 N–H and O–H groups in total. The van der Waals surface area contributed by atoms with E-state index in [9.17, 15) is 33.9 Å². The van der Waals surface area contributed by atoms with E-state index in [1.807, 2.05) is 90.9 Å². The molecule has 3 rings (SSSR count). The van der Waals surface area contributed by atoms with Crippen molar-refractivity contribution in [3.8, 4) is 0 Å². The molecule has 0 saturated carbocycles. The van der Waals surface area contributed by atoms with Gasteiger partial charge in [-0.05, 0) is 48.6 Å². The minimum Gasteiger partial charge on any atom is -0.480 e. The van der Waals surface area contributed by atoms with Crippen LogP contribution in [0, 0.1) is 30.6 Å². The van der Waals surface area contributed by atoms with Gasteiger partial charge in [-0.1, -0.05) is 115 Å². The molecule has 0 bridgehead atoms. The molecular formula is C48H73N5O10. The second-order valence-electron chi connectivity index (χ2n) is 17.7. The van der Waals surface area contributed by atoms with Gasteiger partial charge in [0.15, 0.2) is 0 Å². The summed E-state index contributed by atoms with van der Waals surface area (Å²) in [6.07, 6.45) is -0.181. The van der Waals surface area contributed by atoms with Crippen LogP contribution in [0.1, 0.15) is 90.8 Å². The lowest BCUT2D eigenvalue weighted by Crippen LogP contribution is -2.60. The Bertz CT molecular complexity index is 1810. The number of benzene rings is 2. The van der Waals surface area contributed by atoms with E-state index < -0.39 is 72.2 Å². The number of likely N-dealkylation sites (tertiary alicyclic amines) is 1. The topological polar surface area (TPSA) is 184 Å². The Labute approximate surface area is 374 Å². The number of nitrogens with one attached hydrogen (secondary N) is 2. The number of amides is 5. The third-order valence-corrected chi connectivity index (χ3v) is 12.5. The molecule has 5 amide bonds. The number of ether oxygens (including phenoxy) is 3. The van der Waals surface area contributed by atoms with Crippen LogP contribution in [-0.4, -0.2) is 133 Å². The van der Waals surface area contributed by atoms with E-state index in [-0.39, 0.29) is 49.0 Å². The van der Waals surface area contributed by atoms with Crippen molar-refractivity contribution in [2.24, 2.45) is 23.7 Å². The smallest absolute Gasteiger partial charge is 0.410 e. The highest BCUT2D eigenvalue weighted by Crippen LogP contribution is 2.30. The molecular weight excluding hydrogens is 807 g/mol. The molecule has 0 radical (unpaired) electrons. The maximum atomic E-state index is 14.5. The van der Waals surface area contributed by atoms with Crippen molar-refractivity contribution >= 4 is 35.7 Å². The number of carboxylic acid groups (broad SMARTS) is 1. The summed E-state index contributed by atoms with van der Waals surface area (Å²) in [7, 11) is 6.16. The average Bonchev–Trinajstić information content (AvgIpc) is 3.74. The molecule has 0 aliphatic carbocycles. The quantitative estimate of drug-likeness (QED) is 0.130. The van der Waals surface area contributed by atoms with Crippen molar-refractivity contribution in [1.29, 1.82) is 0 Å². The predicted octanol–water partition coefficient (Wildman–Crippen LogP) is 5.46. The second-order valence-corrected chi connectivity index (χ2v) is 17.7. The van der Waals surface area contributed by atoms with Crippen LogP contribution in [-0.2, 0) is 51.2 Å². The van der Waals surface area contributed by atoms with Crippen LogP contribution in [0.25, 0.3) is 0 Å². The molecule has 2 aromatic rings. The van der Waals surface area contributed by atoms with Crippen molar-refractivity contribution in [2.75, 3.05) is 34.9 Å². The van der Waals surface area contributed by atoms with Crippen LogP contribution >= 0.6 is 0 Å². The summed E-state index contributed by atoms with van der Waals surface area (Å²) >= 11 is 0. The number of carbonyl (C=O) groups excluding carboxylic acids is 5. The lowest BCUT2D eigenvalue weighted by molar-refractivity contribution is -0.148. The van der Waals surface area contributed by atoms with Crippen molar-refractivity contribution in [2.45, 2.75) is 137 Å². The first kappa shape index (κ1) is 52.3. The van der Waals surface area contributed by atoms with Gasteiger partial charge in [-0.2, -0.15) is 0 Å². The summed E-state index contributed by atoms with van der Waals surface area (Å²) < 4.78 is 17.5. The third kappa shape index (κ3) is 14.2.